The van der Waals surface area contributed by atoms with Crippen LogP contribution in [0.1, 0.15) is 74.1 Å². The summed E-state index contributed by atoms with van der Waals surface area (Å²) in [7, 11) is 0. The summed E-state index contributed by atoms with van der Waals surface area (Å²) in [6.07, 6.45) is -32.5. The van der Waals surface area contributed by atoms with Crippen LogP contribution in [-0.4, -0.2) is 58.8 Å². The average Bonchev–Trinajstić information content (AvgIpc) is 2.65. The molecule has 0 bridgehead atoms. The Morgan fingerprint density at radius 2 is 0.872 bits per heavy atom. The van der Waals surface area contributed by atoms with E-state index in [1.54, 1.807) is 27.7 Å². The van der Waals surface area contributed by atoms with E-state index in [9.17, 15) is 62.9 Å². The molecular formula is C24H36F12O3. The monoisotopic (exact) mass is 600 g/mol. The van der Waals surface area contributed by atoms with Gasteiger partial charge < -0.3 is 14.9 Å². The summed E-state index contributed by atoms with van der Waals surface area (Å²) in [5.41, 5.74) is -13.2. The minimum atomic E-state index is -6.51. The second-order valence-electron chi connectivity index (χ2n) is 13.1. The Morgan fingerprint density at radius 1 is 0.564 bits per heavy atom. The fourth-order valence-electron chi connectivity index (χ4n) is 5.34. The molecule has 0 aromatic carbocycles. The van der Waals surface area contributed by atoms with Gasteiger partial charge in [-0.05, 0) is 41.9 Å². The molecule has 1 aliphatic rings. The highest BCUT2D eigenvalue weighted by Gasteiger charge is 2.78. The Morgan fingerprint density at radius 3 is 1.10 bits per heavy atom. The van der Waals surface area contributed by atoms with Gasteiger partial charge in [0.1, 0.15) is 0 Å². The van der Waals surface area contributed by atoms with Crippen LogP contribution in [0.3, 0.4) is 0 Å². The lowest BCUT2D eigenvalue weighted by Crippen LogP contribution is -2.67. The van der Waals surface area contributed by atoms with Crippen LogP contribution in [0.4, 0.5) is 52.7 Å². The van der Waals surface area contributed by atoms with Gasteiger partial charge in [-0.2, -0.15) is 52.7 Å². The van der Waals surface area contributed by atoms with Gasteiger partial charge in [-0.3, -0.25) is 0 Å². The van der Waals surface area contributed by atoms with E-state index in [1.165, 1.54) is 0 Å². The Kier molecular flexibility index (Phi) is 9.61. The predicted molar refractivity (Wildman–Crippen MR) is 116 cm³/mol. The second kappa shape index (κ2) is 10.4. The van der Waals surface area contributed by atoms with E-state index < -0.39 is 96.0 Å². The Balaban J connectivity index is 3.69. The summed E-state index contributed by atoms with van der Waals surface area (Å²) in [6.45, 7) is 11.9. The maximum Gasteiger partial charge on any atom is 0.426 e. The maximum absolute atomic E-state index is 13.6. The first-order valence-corrected chi connectivity index (χ1v) is 12.1. The number of hydrogen-bond acceptors (Lipinski definition) is 3. The summed E-state index contributed by atoms with van der Waals surface area (Å²) < 4.78 is 169. The molecule has 39 heavy (non-hydrogen) atoms. The van der Waals surface area contributed by atoms with E-state index in [1.807, 2.05) is 20.8 Å². The molecule has 1 fully saturated rings. The highest BCUT2D eigenvalue weighted by Crippen LogP contribution is 2.58. The topological polar surface area (TPSA) is 49.7 Å². The molecule has 3 unspecified atom stereocenters. The van der Waals surface area contributed by atoms with E-state index >= 15 is 0 Å². The van der Waals surface area contributed by atoms with Crippen molar-refractivity contribution < 1.29 is 67.6 Å². The van der Waals surface area contributed by atoms with Crippen molar-refractivity contribution >= 4 is 0 Å². The zero-order valence-electron chi connectivity index (χ0n) is 22.6. The molecule has 3 atom stereocenters. The smallest absolute Gasteiger partial charge is 0.378 e. The quantitative estimate of drug-likeness (QED) is 0.304. The molecule has 0 aliphatic heterocycles. The van der Waals surface area contributed by atoms with Crippen LogP contribution in [0, 0.1) is 28.1 Å². The lowest BCUT2D eigenvalue weighted by Gasteiger charge is -2.50. The van der Waals surface area contributed by atoms with Crippen molar-refractivity contribution in [2.24, 2.45) is 28.1 Å². The first kappa shape index (κ1) is 36.1. The van der Waals surface area contributed by atoms with Crippen LogP contribution < -0.4 is 0 Å². The minimum absolute atomic E-state index is 0.354. The zero-order valence-corrected chi connectivity index (χ0v) is 22.6. The van der Waals surface area contributed by atoms with Crippen molar-refractivity contribution in [3.63, 3.8) is 0 Å². The summed E-state index contributed by atoms with van der Waals surface area (Å²) >= 11 is 0. The van der Waals surface area contributed by atoms with E-state index in [0.29, 0.717) is 6.42 Å². The van der Waals surface area contributed by atoms with Crippen LogP contribution in [0.5, 0.6) is 0 Å². The van der Waals surface area contributed by atoms with Gasteiger partial charge in [0.2, 0.25) is 0 Å². The van der Waals surface area contributed by atoms with Gasteiger partial charge >= 0.3 is 24.7 Å². The first-order valence-electron chi connectivity index (χ1n) is 12.1. The number of halogens is 12. The van der Waals surface area contributed by atoms with Crippen LogP contribution in [0.15, 0.2) is 0 Å². The number of rotatable bonds is 6. The van der Waals surface area contributed by atoms with Gasteiger partial charge in [-0.25, -0.2) is 0 Å². The zero-order chi connectivity index (χ0) is 31.5. The third-order valence-electron chi connectivity index (χ3n) is 7.94. The normalized spacial score (nSPS) is 25.0. The van der Waals surface area contributed by atoms with Crippen molar-refractivity contribution in [2.75, 3.05) is 6.61 Å². The van der Waals surface area contributed by atoms with E-state index in [-0.39, 0.29) is 0 Å². The molecule has 0 saturated heterocycles. The molecule has 234 valence electrons. The highest BCUT2D eigenvalue weighted by atomic mass is 19.4. The molecule has 0 aromatic heterocycles. The van der Waals surface area contributed by atoms with Crippen LogP contribution in [0.25, 0.3) is 0 Å². The Labute approximate surface area is 219 Å². The fourth-order valence-corrected chi connectivity index (χ4v) is 5.34. The highest BCUT2D eigenvalue weighted by molar-refractivity contribution is 5.08. The molecule has 1 aliphatic carbocycles. The Bertz CT molecular complexity index is 756. The molecule has 1 saturated carbocycles. The van der Waals surface area contributed by atoms with Crippen LogP contribution >= 0.6 is 0 Å². The molecular weight excluding hydrogens is 564 g/mol. The molecule has 15 heteroatoms. The lowest BCUT2D eigenvalue weighted by molar-refractivity contribution is -0.406. The van der Waals surface area contributed by atoms with Crippen molar-refractivity contribution in [1.82, 2.24) is 0 Å². The molecule has 0 amide bonds. The number of ether oxygens (including phenoxy) is 1. The molecule has 0 aromatic rings. The van der Waals surface area contributed by atoms with Crippen molar-refractivity contribution in [2.45, 2.75) is 116 Å². The molecule has 3 nitrogen and oxygen atoms in total. The largest absolute Gasteiger partial charge is 0.426 e. The van der Waals surface area contributed by atoms with Gasteiger partial charge in [0.15, 0.2) is 0 Å². The molecule has 1 rings (SSSR count). The van der Waals surface area contributed by atoms with E-state index in [0.717, 1.165) is 0 Å². The molecule has 2 N–H and O–H groups in total. The summed E-state index contributed by atoms with van der Waals surface area (Å²) in [6, 6.07) is 0. The number of alkyl halides is 12. The molecule has 0 heterocycles. The van der Waals surface area contributed by atoms with Crippen molar-refractivity contribution in [3.8, 4) is 0 Å². The van der Waals surface area contributed by atoms with Crippen LogP contribution in [0.2, 0.25) is 0 Å². The molecule has 0 radical (unpaired) electrons. The van der Waals surface area contributed by atoms with Gasteiger partial charge in [0.25, 0.3) is 11.2 Å². The maximum atomic E-state index is 13.6. The summed E-state index contributed by atoms with van der Waals surface area (Å²) in [5, 5.41) is 19.8. The van der Waals surface area contributed by atoms with Gasteiger partial charge in [-0.15, -0.1) is 0 Å². The number of hydrogen-bond donors (Lipinski definition) is 2. The van der Waals surface area contributed by atoms with Gasteiger partial charge in [-0.1, -0.05) is 48.5 Å². The molecule has 0 spiro atoms. The SMILES string of the molecule is CC(C)(C)CC(C)(COC1CC(C(O)(C(F)(F)F)C(F)(F)F)CC(C(O)(C(F)(F)F)C(F)(F)F)C1)C(C)(C)C. The summed E-state index contributed by atoms with van der Waals surface area (Å²) in [4.78, 5) is 0. The Hall–Kier alpha value is -0.960. The third kappa shape index (κ3) is 7.10. The van der Waals surface area contributed by atoms with Crippen molar-refractivity contribution in [1.29, 1.82) is 0 Å². The van der Waals surface area contributed by atoms with E-state index in [2.05, 4.69) is 0 Å². The minimum Gasteiger partial charge on any atom is -0.378 e. The second-order valence-corrected chi connectivity index (χ2v) is 13.1. The van der Waals surface area contributed by atoms with Gasteiger partial charge in [0.05, 0.1) is 12.7 Å². The lowest BCUT2D eigenvalue weighted by atomic mass is 9.61. The number of aliphatic hydroxyl groups is 2. The standard InChI is InChI=1S/C24H36F12O3/c1-16(2,3)11-18(7,17(4,5)6)12-39-15-9-13(19(37,21(25,26)27)22(28,29)30)8-14(10-15)20(38,23(31,32)33)24(34,35)36/h13-15,37-38H,8-12H2,1-7H3. The summed E-state index contributed by atoms with van der Waals surface area (Å²) in [5.74, 6) is -6.47. The third-order valence-corrected chi connectivity index (χ3v) is 7.94. The predicted octanol–water partition coefficient (Wildman–Crippen LogP) is 7.99. The van der Waals surface area contributed by atoms with Crippen LogP contribution in [-0.2, 0) is 4.74 Å². The fraction of sp³-hybridized carbons (Fsp3) is 1.00. The average molecular weight is 601 g/mol. The van der Waals surface area contributed by atoms with Crippen molar-refractivity contribution in [3.05, 3.63) is 0 Å². The van der Waals surface area contributed by atoms with Gasteiger partial charge in [0, 0.05) is 11.8 Å². The first-order chi connectivity index (χ1) is 16.7. The van der Waals surface area contributed by atoms with E-state index in [4.69, 9.17) is 4.74 Å².